The monoisotopic (exact) mass is 582 g/mol. The highest BCUT2D eigenvalue weighted by molar-refractivity contribution is 7.99. The van der Waals surface area contributed by atoms with Gasteiger partial charge in [-0.3, -0.25) is 9.36 Å². The number of hydrogen-bond acceptors (Lipinski definition) is 9. The first-order chi connectivity index (χ1) is 18.9. The van der Waals surface area contributed by atoms with Gasteiger partial charge in [-0.15, -0.1) is 15.3 Å². The summed E-state index contributed by atoms with van der Waals surface area (Å²) < 4.78 is 8.54. The van der Waals surface area contributed by atoms with Crippen molar-refractivity contribution >= 4 is 58.1 Å². The Morgan fingerprint density at radius 2 is 1.97 bits per heavy atom. The van der Waals surface area contributed by atoms with Crippen molar-refractivity contribution in [3.8, 4) is 17.2 Å². The Morgan fingerprint density at radius 3 is 2.79 bits per heavy atom. The number of nitrogens with one attached hydrogen (secondary N) is 1. The predicted octanol–water partition coefficient (Wildman–Crippen LogP) is 4.32. The van der Waals surface area contributed by atoms with E-state index in [0.29, 0.717) is 38.0 Å². The number of phenols is 1. The van der Waals surface area contributed by atoms with E-state index < -0.39 is 0 Å². The van der Waals surface area contributed by atoms with E-state index in [9.17, 15) is 9.90 Å². The Morgan fingerprint density at radius 1 is 1.13 bits per heavy atom. The van der Waals surface area contributed by atoms with Crippen LogP contribution < -0.4 is 10.2 Å². The molecule has 11 nitrogen and oxygen atoms in total. The lowest BCUT2D eigenvalue weighted by Crippen LogP contribution is -2.20. The van der Waals surface area contributed by atoms with Crippen LogP contribution in [0.15, 0.2) is 70.9 Å². The van der Waals surface area contributed by atoms with Crippen molar-refractivity contribution < 1.29 is 14.6 Å². The minimum Gasteiger partial charge on any atom is -0.504 e. The van der Waals surface area contributed by atoms with Crippen molar-refractivity contribution in [1.82, 2.24) is 35.2 Å². The molecule has 0 saturated heterocycles. The number of hydrogen-bond donors (Lipinski definition) is 2. The molecule has 2 N–H and O–H groups in total. The number of thioether (sulfide) groups is 1. The third-order valence-corrected chi connectivity index (χ3v) is 7.00. The van der Waals surface area contributed by atoms with E-state index in [1.807, 2.05) is 24.3 Å². The van der Waals surface area contributed by atoms with Crippen LogP contribution in [-0.2, 0) is 11.3 Å². The number of para-hydroxylation sites is 2. The maximum atomic E-state index is 12.5. The van der Waals surface area contributed by atoms with Gasteiger partial charge in [-0.25, -0.2) is 10.1 Å². The van der Waals surface area contributed by atoms with Gasteiger partial charge in [0, 0.05) is 10.6 Å². The van der Waals surface area contributed by atoms with Gasteiger partial charge < -0.3 is 9.84 Å². The summed E-state index contributed by atoms with van der Waals surface area (Å²) in [5.41, 5.74) is 5.02. The normalized spacial score (nSPS) is 11.4. The molecule has 2 heterocycles. The van der Waals surface area contributed by atoms with E-state index in [1.165, 1.54) is 13.3 Å². The van der Waals surface area contributed by atoms with Gasteiger partial charge in [0.1, 0.15) is 12.1 Å². The van der Waals surface area contributed by atoms with Gasteiger partial charge in [0.2, 0.25) is 0 Å². The molecule has 5 aromatic rings. The van der Waals surface area contributed by atoms with Crippen LogP contribution in [0.3, 0.4) is 0 Å². The second-order valence-corrected chi connectivity index (χ2v) is 9.83. The van der Waals surface area contributed by atoms with Gasteiger partial charge in [0.05, 0.1) is 35.3 Å². The van der Waals surface area contributed by atoms with Crippen LogP contribution in [0.25, 0.3) is 16.7 Å². The first-order valence-electron chi connectivity index (χ1n) is 11.4. The van der Waals surface area contributed by atoms with E-state index >= 15 is 0 Å². The van der Waals surface area contributed by atoms with Crippen LogP contribution in [0.4, 0.5) is 0 Å². The second-order valence-electron chi connectivity index (χ2n) is 8.05. The lowest BCUT2D eigenvalue weighted by molar-refractivity contribution is -0.118. The van der Waals surface area contributed by atoms with E-state index in [0.717, 1.165) is 22.8 Å². The summed E-state index contributed by atoms with van der Waals surface area (Å²) in [4.78, 5) is 12.5. The summed E-state index contributed by atoms with van der Waals surface area (Å²) in [6.45, 7) is 0.257. The Hall–Kier alpha value is -4.13. The van der Waals surface area contributed by atoms with Crippen molar-refractivity contribution in [1.29, 1.82) is 0 Å². The molecule has 5 rings (SSSR count). The average Bonchev–Trinajstić information content (AvgIpc) is 3.53. The van der Waals surface area contributed by atoms with E-state index in [4.69, 9.17) is 27.9 Å². The zero-order chi connectivity index (χ0) is 27.4. The number of amides is 1. The molecule has 0 aliphatic heterocycles. The van der Waals surface area contributed by atoms with Crippen molar-refractivity contribution in [2.75, 3.05) is 12.9 Å². The van der Waals surface area contributed by atoms with Crippen LogP contribution in [-0.4, -0.2) is 59.8 Å². The van der Waals surface area contributed by atoms with Gasteiger partial charge in [-0.1, -0.05) is 58.4 Å². The molecule has 0 unspecified atom stereocenters. The Bertz CT molecular complexity index is 1690. The molecule has 0 atom stereocenters. The lowest BCUT2D eigenvalue weighted by Gasteiger charge is -2.12. The standard InChI is InChI=1S/C25H20Cl2N8O3S/c1-38-21-8-4-5-15(24(21)37)12-28-31-23(36)14-39-25-32-30-22(35(25)19-10-9-16(26)11-17(19)27)13-34-20-7-3-2-6-18(20)29-33-34/h2-12,37H,13-14H2,1H3,(H,31,36)/b28-12-. The zero-order valence-corrected chi connectivity index (χ0v) is 22.7. The zero-order valence-electron chi connectivity index (χ0n) is 20.3. The molecule has 3 aromatic carbocycles. The minimum atomic E-state index is -0.390. The fourth-order valence-electron chi connectivity index (χ4n) is 3.71. The second kappa shape index (κ2) is 11.7. The van der Waals surface area contributed by atoms with Gasteiger partial charge in [-0.05, 0) is 42.5 Å². The molecule has 0 fully saturated rings. The molecule has 39 heavy (non-hydrogen) atoms. The topological polar surface area (TPSA) is 132 Å². The Kier molecular flexibility index (Phi) is 7.96. The van der Waals surface area contributed by atoms with Crippen LogP contribution >= 0.6 is 35.0 Å². The van der Waals surface area contributed by atoms with Crippen LogP contribution in [0.2, 0.25) is 10.0 Å². The minimum absolute atomic E-state index is 0.0168. The molecule has 2 aromatic heterocycles. The fourth-order valence-corrected chi connectivity index (χ4v) is 4.96. The van der Waals surface area contributed by atoms with Crippen molar-refractivity contribution in [3.63, 3.8) is 0 Å². The Labute approximate surface area is 236 Å². The number of carbonyl (C=O) groups excluding carboxylic acids is 1. The lowest BCUT2D eigenvalue weighted by atomic mass is 10.2. The molecule has 0 bridgehead atoms. The van der Waals surface area contributed by atoms with Crippen molar-refractivity contribution in [2.45, 2.75) is 11.7 Å². The van der Waals surface area contributed by atoms with Gasteiger partial charge in [-0.2, -0.15) is 5.10 Å². The summed E-state index contributed by atoms with van der Waals surface area (Å²) in [5.74, 6) is 0.351. The quantitative estimate of drug-likeness (QED) is 0.149. The molecule has 1 amide bonds. The third kappa shape index (κ3) is 5.82. The summed E-state index contributed by atoms with van der Waals surface area (Å²) >= 11 is 13.8. The average molecular weight is 583 g/mol. The summed E-state index contributed by atoms with van der Waals surface area (Å²) in [6.07, 6.45) is 1.33. The number of methoxy groups -OCH3 is 1. The third-order valence-electron chi connectivity index (χ3n) is 5.54. The Balaban J connectivity index is 1.36. The predicted molar refractivity (Wildman–Crippen MR) is 149 cm³/mol. The molecular weight excluding hydrogens is 563 g/mol. The van der Waals surface area contributed by atoms with Gasteiger partial charge in [0.25, 0.3) is 5.91 Å². The first-order valence-corrected chi connectivity index (χ1v) is 13.2. The number of ether oxygens (including phenoxy) is 1. The largest absolute Gasteiger partial charge is 0.504 e. The number of phenolic OH excluding ortho intramolecular Hbond substituents is 1. The van der Waals surface area contributed by atoms with E-state index in [2.05, 4.69) is 31.0 Å². The smallest absolute Gasteiger partial charge is 0.250 e. The molecule has 198 valence electrons. The van der Waals surface area contributed by atoms with Crippen LogP contribution in [0, 0.1) is 0 Å². The highest BCUT2D eigenvalue weighted by Gasteiger charge is 2.19. The number of carbonyl (C=O) groups is 1. The summed E-state index contributed by atoms with van der Waals surface area (Å²) in [5, 5.41) is 32.5. The highest BCUT2D eigenvalue weighted by atomic mass is 35.5. The number of hydrazone groups is 1. The SMILES string of the molecule is COc1cccc(/C=N\NC(=O)CSc2nnc(Cn3nnc4ccccc43)n2-c2ccc(Cl)cc2Cl)c1O. The summed E-state index contributed by atoms with van der Waals surface area (Å²) in [6, 6.07) is 17.6. The number of fused-ring (bicyclic) bond motifs is 1. The van der Waals surface area contributed by atoms with Crippen molar-refractivity contribution in [2.24, 2.45) is 5.10 Å². The number of aromatic nitrogens is 6. The van der Waals surface area contributed by atoms with Gasteiger partial charge >= 0.3 is 0 Å². The highest BCUT2D eigenvalue weighted by Crippen LogP contribution is 2.30. The molecule has 0 saturated carbocycles. The number of nitrogens with zero attached hydrogens (tertiary/aromatic N) is 7. The maximum absolute atomic E-state index is 12.5. The van der Waals surface area contributed by atoms with Crippen LogP contribution in [0.5, 0.6) is 11.5 Å². The molecule has 0 radical (unpaired) electrons. The van der Waals surface area contributed by atoms with E-state index in [1.54, 1.807) is 45.6 Å². The van der Waals surface area contributed by atoms with Crippen LogP contribution in [0.1, 0.15) is 11.4 Å². The van der Waals surface area contributed by atoms with Crippen molar-refractivity contribution in [3.05, 3.63) is 82.1 Å². The summed E-state index contributed by atoms with van der Waals surface area (Å²) in [7, 11) is 1.45. The molecule has 0 spiro atoms. The molecular formula is C25H20Cl2N8O3S. The number of halogens is 2. The maximum Gasteiger partial charge on any atom is 0.250 e. The van der Waals surface area contributed by atoms with Gasteiger partial charge in [0.15, 0.2) is 22.5 Å². The van der Waals surface area contributed by atoms with E-state index in [-0.39, 0.29) is 24.0 Å². The molecule has 0 aliphatic carbocycles. The number of benzene rings is 3. The number of aromatic hydroxyl groups is 1. The first kappa shape index (κ1) is 26.5. The number of rotatable bonds is 9. The molecule has 14 heteroatoms. The fraction of sp³-hybridized carbons (Fsp3) is 0.120. The molecule has 0 aliphatic rings.